The minimum absolute atomic E-state index is 0.0373. The van der Waals surface area contributed by atoms with Crippen molar-refractivity contribution in [2.75, 3.05) is 6.61 Å². The number of hydrogen-bond acceptors (Lipinski definition) is 3. The number of ether oxygens (including phenoxy) is 1. The molecule has 0 unspecified atom stereocenters. The second-order valence-electron chi connectivity index (χ2n) is 4.30. The number of nitrogens with one attached hydrogen (secondary N) is 1. The second kappa shape index (κ2) is 6.38. The lowest BCUT2D eigenvalue weighted by Gasteiger charge is -2.14. The topological polar surface area (TPSA) is 34.4 Å². The molecule has 2 aromatic rings. The van der Waals surface area contributed by atoms with Crippen LogP contribution in [0.1, 0.15) is 31.2 Å². The van der Waals surface area contributed by atoms with Crippen molar-refractivity contribution in [3.8, 4) is 5.75 Å². The normalized spacial score (nSPS) is 12.4. The van der Waals surface area contributed by atoms with Gasteiger partial charge in [-0.1, -0.05) is 6.07 Å². The maximum absolute atomic E-state index is 13.7. The average Bonchev–Trinajstić information content (AvgIpc) is 2.91. The summed E-state index contributed by atoms with van der Waals surface area (Å²) in [6, 6.07) is 8.82. The van der Waals surface area contributed by atoms with Crippen LogP contribution < -0.4 is 10.1 Å². The Morgan fingerprint density at radius 2 is 2.21 bits per heavy atom. The predicted octanol–water partition coefficient (Wildman–Crippen LogP) is 3.67. The van der Waals surface area contributed by atoms with Crippen LogP contribution in [-0.4, -0.2) is 6.61 Å². The molecule has 0 radical (unpaired) electrons. The Morgan fingerprint density at radius 1 is 1.37 bits per heavy atom. The molecule has 102 valence electrons. The van der Waals surface area contributed by atoms with Gasteiger partial charge in [-0.25, -0.2) is 4.39 Å². The summed E-state index contributed by atoms with van der Waals surface area (Å²) in [6.45, 7) is 4.89. The maximum atomic E-state index is 13.7. The van der Waals surface area contributed by atoms with Crippen LogP contribution in [0.15, 0.2) is 41.0 Å². The molecule has 1 atom stereocenters. The molecule has 0 saturated heterocycles. The number of rotatable bonds is 6. The summed E-state index contributed by atoms with van der Waals surface area (Å²) in [7, 11) is 0. The second-order valence-corrected chi connectivity index (χ2v) is 4.30. The van der Waals surface area contributed by atoms with Crippen LogP contribution in [0, 0.1) is 5.82 Å². The van der Waals surface area contributed by atoms with Crippen molar-refractivity contribution in [1.29, 1.82) is 0 Å². The molecule has 0 aliphatic rings. The highest BCUT2D eigenvalue weighted by atomic mass is 19.1. The zero-order chi connectivity index (χ0) is 13.7. The molecule has 0 aliphatic heterocycles. The highest BCUT2D eigenvalue weighted by Gasteiger charge is 2.10. The van der Waals surface area contributed by atoms with Gasteiger partial charge in [-0.3, -0.25) is 0 Å². The van der Waals surface area contributed by atoms with Crippen LogP contribution >= 0.6 is 0 Å². The van der Waals surface area contributed by atoms with E-state index in [1.54, 1.807) is 12.3 Å². The summed E-state index contributed by atoms with van der Waals surface area (Å²) >= 11 is 0. The fourth-order valence-electron chi connectivity index (χ4n) is 1.84. The molecule has 1 aromatic heterocycles. The monoisotopic (exact) mass is 263 g/mol. The van der Waals surface area contributed by atoms with Crippen molar-refractivity contribution in [3.05, 3.63) is 53.7 Å². The molecular weight excluding hydrogens is 245 g/mol. The quantitative estimate of drug-likeness (QED) is 0.863. The Labute approximate surface area is 112 Å². The Bertz CT molecular complexity index is 511. The van der Waals surface area contributed by atoms with Crippen molar-refractivity contribution < 1.29 is 13.5 Å². The minimum atomic E-state index is -0.328. The first-order valence-electron chi connectivity index (χ1n) is 6.38. The van der Waals surface area contributed by atoms with Crippen LogP contribution in [0.5, 0.6) is 5.75 Å². The van der Waals surface area contributed by atoms with Crippen molar-refractivity contribution in [1.82, 2.24) is 5.32 Å². The molecule has 0 amide bonds. The van der Waals surface area contributed by atoms with E-state index in [1.807, 2.05) is 32.0 Å². The molecule has 0 spiro atoms. The highest BCUT2D eigenvalue weighted by Crippen LogP contribution is 2.22. The molecule has 0 saturated carbocycles. The van der Waals surface area contributed by atoms with Gasteiger partial charge < -0.3 is 14.5 Å². The van der Waals surface area contributed by atoms with E-state index in [9.17, 15) is 4.39 Å². The van der Waals surface area contributed by atoms with Gasteiger partial charge in [0, 0.05) is 6.04 Å². The average molecular weight is 263 g/mol. The highest BCUT2D eigenvalue weighted by molar-refractivity contribution is 5.30. The number of furan rings is 1. The standard InChI is InChI=1S/C15H18FNO2/c1-3-18-15-7-6-12(9-14(15)16)11(2)17-10-13-5-4-8-19-13/h4-9,11,17H,3,10H2,1-2H3/t11-/m1/s1. The Hall–Kier alpha value is -1.81. The first-order valence-corrected chi connectivity index (χ1v) is 6.38. The van der Waals surface area contributed by atoms with E-state index in [0.717, 1.165) is 11.3 Å². The Morgan fingerprint density at radius 3 is 2.84 bits per heavy atom. The Kier molecular flexibility index (Phi) is 4.58. The van der Waals surface area contributed by atoms with Crippen molar-refractivity contribution in [2.24, 2.45) is 0 Å². The molecule has 0 bridgehead atoms. The first kappa shape index (κ1) is 13.6. The molecule has 1 N–H and O–H groups in total. The molecule has 1 heterocycles. The molecule has 1 aromatic carbocycles. The van der Waals surface area contributed by atoms with Crippen molar-refractivity contribution in [3.63, 3.8) is 0 Å². The van der Waals surface area contributed by atoms with Crippen LogP contribution in [0.4, 0.5) is 4.39 Å². The van der Waals surface area contributed by atoms with Crippen LogP contribution in [0.2, 0.25) is 0 Å². The summed E-state index contributed by atoms with van der Waals surface area (Å²) in [5, 5.41) is 3.28. The fourth-order valence-corrected chi connectivity index (χ4v) is 1.84. The zero-order valence-corrected chi connectivity index (χ0v) is 11.2. The van der Waals surface area contributed by atoms with Gasteiger partial charge in [0.2, 0.25) is 0 Å². The third-order valence-electron chi connectivity index (χ3n) is 2.92. The summed E-state index contributed by atoms with van der Waals surface area (Å²) < 4.78 is 24.2. The van der Waals surface area contributed by atoms with E-state index in [1.165, 1.54) is 6.07 Å². The van der Waals surface area contributed by atoms with Gasteiger partial charge >= 0.3 is 0 Å². The van der Waals surface area contributed by atoms with E-state index in [0.29, 0.717) is 18.9 Å². The third kappa shape index (κ3) is 3.58. The van der Waals surface area contributed by atoms with E-state index >= 15 is 0 Å². The predicted molar refractivity (Wildman–Crippen MR) is 71.5 cm³/mol. The number of halogens is 1. The first-order chi connectivity index (χ1) is 9.20. The van der Waals surface area contributed by atoms with Gasteiger partial charge in [-0.2, -0.15) is 0 Å². The van der Waals surface area contributed by atoms with Crippen LogP contribution in [-0.2, 0) is 6.54 Å². The third-order valence-corrected chi connectivity index (χ3v) is 2.92. The molecular formula is C15H18FNO2. The van der Waals surface area contributed by atoms with E-state index in [2.05, 4.69) is 5.32 Å². The largest absolute Gasteiger partial charge is 0.491 e. The number of hydrogen-bond donors (Lipinski definition) is 1. The molecule has 0 aliphatic carbocycles. The van der Waals surface area contributed by atoms with E-state index < -0.39 is 0 Å². The van der Waals surface area contributed by atoms with Gasteiger partial charge in [0.25, 0.3) is 0 Å². The smallest absolute Gasteiger partial charge is 0.165 e. The molecule has 0 fully saturated rings. The van der Waals surface area contributed by atoms with Crippen molar-refractivity contribution >= 4 is 0 Å². The summed E-state index contributed by atoms with van der Waals surface area (Å²) in [5.74, 6) is 0.828. The summed E-state index contributed by atoms with van der Waals surface area (Å²) in [5.41, 5.74) is 0.882. The lowest BCUT2D eigenvalue weighted by atomic mass is 10.1. The van der Waals surface area contributed by atoms with Gasteiger partial charge in [-0.05, 0) is 43.7 Å². The number of benzene rings is 1. The van der Waals surface area contributed by atoms with E-state index in [4.69, 9.17) is 9.15 Å². The lowest BCUT2D eigenvalue weighted by Crippen LogP contribution is -2.17. The van der Waals surface area contributed by atoms with Crippen LogP contribution in [0.3, 0.4) is 0 Å². The molecule has 4 heteroatoms. The van der Waals surface area contributed by atoms with Crippen molar-refractivity contribution in [2.45, 2.75) is 26.4 Å². The summed E-state index contributed by atoms with van der Waals surface area (Å²) in [4.78, 5) is 0. The summed E-state index contributed by atoms with van der Waals surface area (Å²) in [6.07, 6.45) is 1.64. The SMILES string of the molecule is CCOc1ccc([C@@H](C)NCc2ccco2)cc1F. The molecule has 19 heavy (non-hydrogen) atoms. The van der Waals surface area contributed by atoms with E-state index in [-0.39, 0.29) is 11.9 Å². The maximum Gasteiger partial charge on any atom is 0.165 e. The minimum Gasteiger partial charge on any atom is -0.491 e. The van der Waals surface area contributed by atoms with Gasteiger partial charge in [0.1, 0.15) is 5.76 Å². The Balaban J connectivity index is 1.98. The lowest BCUT2D eigenvalue weighted by molar-refractivity contribution is 0.321. The fraction of sp³-hybridized carbons (Fsp3) is 0.333. The van der Waals surface area contributed by atoms with Gasteiger partial charge in [0.15, 0.2) is 11.6 Å². The molecule has 2 rings (SSSR count). The zero-order valence-electron chi connectivity index (χ0n) is 11.2. The van der Waals surface area contributed by atoms with Crippen LogP contribution in [0.25, 0.3) is 0 Å². The van der Waals surface area contributed by atoms with Gasteiger partial charge in [-0.15, -0.1) is 0 Å². The molecule has 3 nitrogen and oxygen atoms in total. The van der Waals surface area contributed by atoms with Gasteiger partial charge in [0.05, 0.1) is 19.4 Å².